The predicted octanol–water partition coefficient (Wildman–Crippen LogP) is 1.71. The second-order valence-electron chi connectivity index (χ2n) is 4.52. The normalized spacial score (nSPS) is 23.2. The molecule has 1 aromatic carbocycles. The van der Waals surface area contributed by atoms with Gasteiger partial charge in [-0.25, -0.2) is 4.39 Å². The third-order valence-electron chi connectivity index (χ3n) is 3.25. The zero-order valence-electron chi connectivity index (χ0n) is 10.1. The number of benzene rings is 1. The molecule has 2 unspecified atom stereocenters. The number of methoxy groups -OCH3 is 1. The zero-order valence-corrected chi connectivity index (χ0v) is 10.1. The molecule has 98 valence electrons. The van der Waals surface area contributed by atoms with E-state index in [1.54, 1.807) is 12.1 Å². The van der Waals surface area contributed by atoms with E-state index in [4.69, 9.17) is 9.84 Å². The van der Waals surface area contributed by atoms with E-state index in [1.807, 2.05) is 0 Å². The lowest BCUT2D eigenvalue weighted by Crippen LogP contribution is -2.17. The molecular weight excluding hydrogens is 237 g/mol. The van der Waals surface area contributed by atoms with E-state index in [1.165, 1.54) is 13.2 Å². The summed E-state index contributed by atoms with van der Waals surface area (Å²) in [6.45, 7) is 0.672. The summed E-state index contributed by atoms with van der Waals surface area (Å²) in [6.07, 6.45) is 0.535. The van der Waals surface area contributed by atoms with Crippen LogP contribution >= 0.6 is 0 Å². The summed E-state index contributed by atoms with van der Waals surface area (Å²) in [5, 5.41) is 12.1. The fraction of sp³-hybridized carbons (Fsp3) is 0.462. The Balaban J connectivity index is 2.14. The lowest BCUT2D eigenvalue weighted by molar-refractivity contribution is -0.141. The topological polar surface area (TPSA) is 58.6 Å². The Morgan fingerprint density at radius 1 is 1.61 bits per heavy atom. The molecular formula is C13H16FNO3. The molecule has 0 radical (unpaired) electrons. The van der Waals surface area contributed by atoms with Gasteiger partial charge < -0.3 is 15.2 Å². The minimum Gasteiger partial charge on any atom is -0.481 e. The highest BCUT2D eigenvalue weighted by Gasteiger charge is 2.30. The molecule has 2 rings (SSSR count). The van der Waals surface area contributed by atoms with Crippen molar-refractivity contribution in [2.24, 2.45) is 5.92 Å². The lowest BCUT2D eigenvalue weighted by atomic mass is 9.98. The van der Waals surface area contributed by atoms with Crippen LogP contribution in [0.5, 0.6) is 0 Å². The Morgan fingerprint density at radius 2 is 2.39 bits per heavy atom. The minimum atomic E-state index is -0.788. The summed E-state index contributed by atoms with van der Waals surface area (Å²) < 4.78 is 18.4. The second-order valence-corrected chi connectivity index (χ2v) is 4.52. The Bertz CT molecular complexity index is 450. The third kappa shape index (κ3) is 2.68. The van der Waals surface area contributed by atoms with Gasteiger partial charge in [0.15, 0.2) is 0 Å². The molecule has 2 atom stereocenters. The van der Waals surface area contributed by atoms with E-state index in [-0.39, 0.29) is 24.4 Å². The van der Waals surface area contributed by atoms with Crippen molar-refractivity contribution in [3.05, 3.63) is 35.1 Å². The molecule has 0 amide bonds. The second kappa shape index (κ2) is 5.46. The number of ether oxygens (including phenoxy) is 1. The Morgan fingerprint density at radius 3 is 3.00 bits per heavy atom. The molecule has 1 aromatic rings. The molecule has 1 heterocycles. The fourth-order valence-corrected chi connectivity index (χ4v) is 2.26. The molecule has 1 saturated heterocycles. The van der Waals surface area contributed by atoms with Crippen molar-refractivity contribution in [3.63, 3.8) is 0 Å². The standard InChI is InChI=1S/C13H16FNO3/c1-18-7-10-4-8(2-3-11(10)14)12-5-9(6-15-12)13(16)17/h2-4,9,12,15H,5-7H2,1H3,(H,16,17). The molecule has 0 aromatic heterocycles. The summed E-state index contributed by atoms with van der Waals surface area (Å²) in [7, 11) is 1.51. The van der Waals surface area contributed by atoms with Gasteiger partial charge in [0, 0.05) is 25.3 Å². The van der Waals surface area contributed by atoms with Gasteiger partial charge in [-0.05, 0) is 24.1 Å². The Kier molecular flexibility index (Phi) is 3.93. The third-order valence-corrected chi connectivity index (χ3v) is 3.25. The van der Waals surface area contributed by atoms with Crippen molar-refractivity contribution in [3.8, 4) is 0 Å². The molecule has 1 aliphatic heterocycles. The van der Waals surface area contributed by atoms with Crippen LogP contribution in [0, 0.1) is 11.7 Å². The number of hydrogen-bond donors (Lipinski definition) is 2. The van der Waals surface area contributed by atoms with Crippen LogP contribution in [0.4, 0.5) is 4.39 Å². The van der Waals surface area contributed by atoms with E-state index in [0.29, 0.717) is 18.5 Å². The molecule has 0 spiro atoms. The van der Waals surface area contributed by atoms with Crippen molar-refractivity contribution < 1.29 is 19.0 Å². The lowest BCUT2D eigenvalue weighted by Gasteiger charge is -2.12. The molecule has 18 heavy (non-hydrogen) atoms. The molecule has 1 aliphatic rings. The van der Waals surface area contributed by atoms with Crippen molar-refractivity contribution >= 4 is 5.97 Å². The molecule has 0 aliphatic carbocycles. The smallest absolute Gasteiger partial charge is 0.307 e. The van der Waals surface area contributed by atoms with Crippen LogP contribution < -0.4 is 5.32 Å². The van der Waals surface area contributed by atoms with E-state index in [9.17, 15) is 9.18 Å². The van der Waals surface area contributed by atoms with Gasteiger partial charge in [-0.15, -0.1) is 0 Å². The molecule has 4 nitrogen and oxygen atoms in total. The SMILES string of the molecule is COCc1cc(C2CC(C(=O)O)CN2)ccc1F. The molecule has 5 heteroatoms. The maximum absolute atomic E-state index is 13.5. The number of aliphatic carboxylic acids is 1. The van der Waals surface area contributed by atoms with Crippen molar-refractivity contribution in [1.29, 1.82) is 0 Å². The highest BCUT2D eigenvalue weighted by atomic mass is 19.1. The van der Waals surface area contributed by atoms with Crippen LogP contribution in [0.25, 0.3) is 0 Å². The van der Waals surface area contributed by atoms with Gasteiger partial charge >= 0.3 is 5.97 Å². The highest BCUT2D eigenvalue weighted by Crippen LogP contribution is 2.28. The number of hydrogen-bond acceptors (Lipinski definition) is 3. The molecule has 2 N–H and O–H groups in total. The first-order chi connectivity index (χ1) is 8.61. The van der Waals surface area contributed by atoms with Gasteiger partial charge in [0.25, 0.3) is 0 Å². The monoisotopic (exact) mass is 253 g/mol. The van der Waals surface area contributed by atoms with Crippen LogP contribution in [-0.2, 0) is 16.1 Å². The number of carboxylic acids is 1. The Hall–Kier alpha value is -1.46. The minimum absolute atomic E-state index is 0.0256. The van der Waals surface area contributed by atoms with Crippen molar-refractivity contribution in [1.82, 2.24) is 5.32 Å². The fourth-order valence-electron chi connectivity index (χ4n) is 2.26. The van der Waals surface area contributed by atoms with Gasteiger partial charge in [0.05, 0.1) is 12.5 Å². The maximum Gasteiger partial charge on any atom is 0.307 e. The maximum atomic E-state index is 13.5. The number of carbonyl (C=O) groups is 1. The van der Waals surface area contributed by atoms with Gasteiger partial charge in [0.1, 0.15) is 5.82 Å². The predicted molar refractivity (Wildman–Crippen MR) is 63.6 cm³/mol. The average molecular weight is 253 g/mol. The first-order valence-corrected chi connectivity index (χ1v) is 5.85. The van der Waals surface area contributed by atoms with Gasteiger partial charge in [0.2, 0.25) is 0 Å². The number of rotatable bonds is 4. The number of carboxylic acid groups (broad SMARTS) is 1. The van der Waals surface area contributed by atoms with E-state index < -0.39 is 5.97 Å². The average Bonchev–Trinajstić information content (AvgIpc) is 2.82. The van der Waals surface area contributed by atoms with Crippen LogP contribution in [-0.4, -0.2) is 24.7 Å². The van der Waals surface area contributed by atoms with Crippen LogP contribution in [0.15, 0.2) is 18.2 Å². The van der Waals surface area contributed by atoms with Crippen LogP contribution in [0.1, 0.15) is 23.6 Å². The summed E-state index contributed by atoms with van der Waals surface area (Å²) in [5.74, 6) is -1.46. The first kappa shape index (κ1) is 13.0. The first-order valence-electron chi connectivity index (χ1n) is 5.85. The Labute approximate surface area is 105 Å². The summed E-state index contributed by atoms with van der Waals surface area (Å²) in [4.78, 5) is 10.9. The summed E-state index contributed by atoms with van der Waals surface area (Å²) >= 11 is 0. The van der Waals surface area contributed by atoms with Crippen molar-refractivity contribution in [2.75, 3.05) is 13.7 Å². The quantitative estimate of drug-likeness (QED) is 0.857. The summed E-state index contributed by atoms with van der Waals surface area (Å²) in [5.41, 5.74) is 1.41. The molecule has 0 saturated carbocycles. The zero-order chi connectivity index (χ0) is 13.1. The largest absolute Gasteiger partial charge is 0.481 e. The van der Waals surface area contributed by atoms with Crippen LogP contribution in [0.3, 0.4) is 0 Å². The number of nitrogens with one attached hydrogen (secondary N) is 1. The van der Waals surface area contributed by atoms with Gasteiger partial charge in [-0.1, -0.05) is 6.07 Å². The van der Waals surface area contributed by atoms with E-state index >= 15 is 0 Å². The summed E-state index contributed by atoms with van der Waals surface area (Å²) in [6, 6.07) is 4.80. The van der Waals surface area contributed by atoms with Gasteiger partial charge in [-0.3, -0.25) is 4.79 Å². The van der Waals surface area contributed by atoms with Gasteiger partial charge in [-0.2, -0.15) is 0 Å². The highest BCUT2D eigenvalue weighted by molar-refractivity contribution is 5.70. The van der Waals surface area contributed by atoms with Crippen molar-refractivity contribution in [2.45, 2.75) is 19.1 Å². The molecule has 0 bridgehead atoms. The van der Waals surface area contributed by atoms with E-state index in [2.05, 4.69) is 5.32 Å². The number of halogens is 1. The van der Waals surface area contributed by atoms with E-state index in [0.717, 1.165) is 5.56 Å². The molecule has 1 fully saturated rings. The van der Waals surface area contributed by atoms with Crippen LogP contribution in [0.2, 0.25) is 0 Å².